The predicted octanol–water partition coefficient (Wildman–Crippen LogP) is 1.54. The van der Waals surface area contributed by atoms with Gasteiger partial charge in [-0.15, -0.1) is 0 Å². The van der Waals surface area contributed by atoms with Crippen LogP contribution in [0.1, 0.15) is 24.5 Å². The van der Waals surface area contributed by atoms with Gasteiger partial charge in [-0.3, -0.25) is 0 Å². The number of nitrogens with zero attached hydrogens (tertiary/aromatic N) is 1. The molecule has 3 heteroatoms. The molecule has 0 saturated carbocycles. The minimum Gasteiger partial charge on any atom is -0.497 e. The van der Waals surface area contributed by atoms with Crippen LogP contribution >= 0.6 is 0 Å². The van der Waals surface area contributed by atoms with Gasteiger partial charge >= 0.3 is 0 Å². The van der Waals surface area contributed by atoms with Crippen molar-refractivity contribution in [1.82, 2.24) is 4.90 Å². The van der Waals surface area contributed by atoms with E-state index in [1.807, 2.05) is 0 Å². The molecule has 2 N–H and O–H groups in total. The third-order valence-electron chi connectivity index (χ3n) is 5.06. The Hall–Kier alpha value is -1.06. The molecular formula is C15H22N2O. The summed E-state index contributed by atoms with van der Waals surface area (Å²) in [6, 6.07) is 7.16. The van der Waals surface area contributed by atoms with Gasteiger partial charge in [-0.25, -0.2) is 0 Å². The number of likely N-dealkylation sites (tertiary alicyclic amines) is 1. The summed E-state index contributed by atoms with van der Waals surface area (Å²) in [5, 5.41) is 0. The van der Waals surface area contributed by atoms with E-state index in [4.69, 9.17) is 10.5 Å². The van der Waals surface area contributed by atoms with Crippen LogP contribution in [0.3, 0.4) is 0 Å². The van der Waals surface area contributed by atoms with E-state index in [-0.39, 0.29) is 11.5 Å². The first-order valence-electron chi connectivity index (χ1n) is 6.69. The third-order valence-corrected chi connectivity index (χ3v) is 5.06. The van der Waals surface area contributed by atoms with Gasteiger partial charge in [0.05, 0.1) is 7.11 Å². The van der Waals surface area contributed by atoms with Crippen molar-refractivity contribution in [1.29, 1.82) is 0 Å². The summed E-state index contributed by atoms with van der Waals surface area (Å²) in [6.45, 7) is 3.45. The topological polar surface area (TPSA) is 38.5 Å². The number of fused-ring (bicyclic) bond motifs is 4. The molecule has 0 amide bonds. The standard InChI is InChI=1S/C15H22N2O/c1-15-6-7-17(2)13(14(15)16)8-10-4-5-11(18-3)9-12(10)15/h4-5,9,13-14H,6-8,16H2,1-3H3/t13-,14-,15+/m1/s1. The molecule has 2 aliphatic rings. The van der Waals surface area contributed by atoms with Gasteiger partial charge in [0.2, 0.25) is 0 Å². The van der Waals surface area contributed by atoms with Gasteiger partial charge < -0.3 is 15.4 Å². The fraction of sp³-hybridized carbons (Fsp3) is 0.600. The Balaban J connectivity index is 2.13. The van der Waals surface area contributed by atoms with Crippen molar-refractivity contribution >= 4 is 0 Å². The summed E-state index contributed by atoms with van der Waals surface area (Å²) in [7, 11) is 3.92. The number of methoxy groups -OCH3 is 1. The van der Waals surface area contributed by atoms with E-state index in [0.717, 1.165) is 25.1 Å². The Morgan fingerprint density at radius 1 is 1.44 bits per heavy atom. The summed E-state index contributed by atoms with van der Waals surface area (Å²) in [4.78, 5) is 2.42. The van der Waals surface area contributed by atoms with Gasteiger partial charge in [-0.1, -0.05) is 13.0 Å². The van der Waals surface area contributed by atoms with Gasteiger partial charge in [0.1, 0.15) is 5.75 Å². The highest BCUT2D eigenvalue weighted by Gasteiger charge is 2.48. The van der Waals surface area contributed by atoms with Crippen molar-refractivity contribution in [3.05, 3.63) is 29.3 Å². The summed E-state index contributed by atoms with van der Waals surface area (Å²) in [5.74, 6) is 0.944. The molecule has 0 unspecified atom stereocenters. The zero-order valence-corrected chi connectivity index (χ0v) is 11.4. The van der Waals surface area contributed by atoms with Crippen molar-refractivity contribution in [2.24, 2.45) is 5.73 Å². The first kappa shape index (κ1) is 12.0. The Kier molecular flexibility index (Phi) is 2.65. The lowest BCUT2D eigenvalue weighted by atomic mass is 9.62. The van der Waals surface area contributed by atoms with E-state index in [0.29, 0.717) is 6.04 Å². The maximum absolute atomic E-state index is 6.53. The molecule has 1 aliphatic heterocycles. The molecule has 1 heterocycles. The number of rotatable bonds is 1. The van der Waals surface area contributed by atoms with Gasteiger partial charge in [0, 0.05) is 17.5 Å². The fourth-order valence-electron chi connectivity index (χ4n) is 3.65. The van der Waals surface area contributed by atoms with Crippen LogP contribution in [0, 0.1) is 0 Å². The molecule has 98 valence electrons. The molecule has 0 aromatic heterocycles. The van der Waals surface area contributed by atoms with Crippen LogP contribution in [0.25, 0.3) is 0 Å². The maximum atomic E-state index is 6.53. The van der Waals surface area contributed by atoms with E-state index in [9.17, 15) is 0 Å². The van der Waals surface area contributed by atoms with Crippen molar-refractivity contribution in [2.45, 2.75) is 37.3 Å². The monoisotopic (exact) mass is 246 g/mol. The molecule has 1 aliphatic carbocycles. The highest BCUT2D eigenvalue weighted by atomic mass is 16.5. The molecule has 3 rings (SSSR count). The number of benzene rings is 1. The lowest BCUT2D eigenvalue weighted by Crippen LogP contribution is -2.64. The average Bonchev–Trinajstić information content (AvgIpc) is 2.38. The van der Waals surface area contributed by atoms with Crippen molar-refractivity contribution in [2.75, 3.05) is 20.7 Å². The van der Waals surface area contributed by atoms with Crippen LogP contribution in [0.15, 0.2) is 18.2 Å². The smallest absolute Gasteiger partial charge is 0.119 e. The van der Waals surface area contributed by atoms with Crippen LogP contribution < -0.4 is 10.5 Å². The molecule has 2 bridgehead atoms. The summed E-state index contributed by atoms with van der Waals surface area (Å²) in [6.07, 6.45) is 2.19. The average molecular weight is 246 g/mol. The molecule has 1 saturated heterocycles. The van der Waals surface area contributed by atoms with Gasteiger partial charge in [0.25, 0.3) is 0 Å². The number of nitrogens with two attached hydrogens (primary N) is 1. The number of likely N-dealkylation sites (N-methyl/N-ethyl adjacent to an activating group) is 1. The van der Waals surface area contributed by atoms with E-state index < -0.39 is 0 Å². The largest absolute Gasteiger partial charge is 0.497 e. The lowest BCUT2D eigenvalue weighted by Gasteiger charge is -2.53. The van der Waals surface area contributed by atoms with Gasteiger partial charge in [-0.2, -0.15) is 0 Å². The number of hydrogen-bond donors (Lipinski definition) is 1. The number of hydrogen-bond acceptors (Lipinski definition) is 3. The minimum absolute atomic E-state index is 0.0965. The highest BCUT2D eigenvalue weighted by Crippen LogP contribution is 2.44. The Labute approximate surface area is 109 Å². The summed E-state index contributed by atoms with van der Waals surface area (Å²) < 4.78 is 5.37. The maximum Gasteiger partial charge on any atom is 0.119 e. The van der Waals surface area contributed by atoms with Crippen molar-refractivity contribution in [3.8, 4) is 5.75 Å². The fourth-order valence-corrected chi connectivity index (χ4v) is 3.65. The van der Waals surface area contributed by atoms with Crippen molar-refractivity contribution < 1.29 is 4.74 Å². The van der Waals surface area contributed by atoms with Crippen LogP contribution in [0.2, 0.25) is 0 Å². The van der Waals surface area contributed by atoms with E-state index in [2.05, 4.69) is 37.1 Å². The molecule has 18 heavy (non-hydrogen) atoms. The van der Waals surface area contributed by atoms with Crippen LogP contribution in [0.5, 0.6) is 5.75 Å². The van der Waals surface area contributed by atoms with Crippen LogP contribution in [-0.2, 0) is 11.8 Å². The molecule has 1 aromatic carbocycles. The third kappa shape index (κ3) is 1.50. The number of piperidine rings is 1. The first-order valence-corrected chi connectivity index (χ1v) is 6.69. The van der Waals surface area contributed by atoms with Gasteiger partial charge in [-0.05, 0) is 49.7 Å². The summed E-state index contributed by atoms with van der Waals surface area (Å²) >= 11 is 0. The zero-order chi connectivity index (χ0) is 12.9. The van der Waals surface area contributed by atoms with Crippen molar-refractivity contribution in [3.63, 3.8) is 0 Å². The van der Waals surface area contributed by atoms with E-state index in [1.165, 1.54) is 11.1 Å². The second-order valence-corrected chi connectivity index (χ2v) is 5.97. The SMILES string of the molecule is COc1ccc2c(c1)[C@]1(C)CCN(C)[C@H](C2)[C@H]1N. The minimum atomic E-state index is 0.0965. The van der Waals surface area contributed by atoms with E-state index in [1.54, 1.807) is 7.11 Å². The second-order valence-electron chi connectivity index (χ2n) is 5.97. The Morgan fingerprint density at radius 2 is 2.22 bits per heavy atom. The summed E-state index contributed by atoms with van der Waals surface area (Å²) in [5.41, 5.74) is 9.47. The first-order chi connectivity index (χ1) is 8.56. The van der Waals surface area contributed by atoms with Gasteiger partial charge in [0.15, 0.2) is 0 Å². The second kappa shape index (κ2) is 3.97. The van der Waals surface area contributed by atoms with Crippen LogP contribution in [0.4, 0.5) is 0 Å². The Morgan fingerprint density at radius 3 is 2.94 bits per heavy atom. The predicted molar refractivity (Wildman–Crippen MR) is 73.1 cm³/mol. The molecule has 1 aromatic rings. The number of ether oxygens (including phenoxy) is 1. The quantitative estimate of drug-likeness (QED) is 0.817. The molecule has 3 atom stereocenters. The lowest BCUT2D eigenvalue weighted by molar-refractivity contribution is 0.0861. The van der Waals surface area contributed by atoms with E-state index >= 15 is 0 Å². The molecule has 3 nitrogen and oxygen atoms in total. The Bertz CT molecular complexity index is 474. The molecule has 0 radical (unpaired) electrons. The molecule has 0 spiro atoms. The molecule has 1 fully saturated rings. The zero-order valence-electron chi connectivity index (χ0n) is 11.4. The highest BCUT2D eigenvalue weighted by molar-refractivity contribution is 5.45. The normalized spacial score (nSPS) is 35.1. The molecular weight excluding hydrogens is 224 g/mol. The van der Waals surface area contributed by atoms with Crippen LogP contribution in [-0.4, -0.2) is 37.7 Å².